The van der Waals surface area contributed by atoms with E-state index < -0.39 is 0 Å². The molecule has 2 aromatic rings. The molecule has 0 radical (unpaired) electrons. The molecular weight excluding hydrogens is 394 g/mol. The van der Waals surface area contributed by atoms with Crippen LogP contribution in [0.2, 0.25) is 0 Å². The Kier molecular flexibility index (Phi) is 7.90. The van der Waals surface area contributed by atoms with E-state index in [0.717, 1.165) is 36.9 Å². The molecule has 0 saturated carbocycles. The summed E-state index contributed by atoms with van der Waals surface area (Å²) < 4.78 is 5.46. The minimum atomic E-state index is -0.0969. The van der Waals surface area contributed by atoms with Crippen LogP contribution in [0, 0.1) is 0 Å². The molecule has 2 N–H and O–H groups in total. The minimum absolute atomic E-state index is 0.0192. The Bertz CT molecular complexity index is 760. The van der Waals surface area contributed by atoms with Crippen molar-refractivity contribution in [2.24, 2.45) is 0 Å². The molecule has 3 rings (SSSR count). The van der Waals surface area contributed by atoms with Crippen molar-refractivity contribution in [3.05, 3.63) is 46.7 Å². The van der Waals surface area contributed by atoms with Crippen LogP contribution in [-0.2, 0) is 14.3 Å². The third-order valence-electron chi connectivity index (χ3n) is 4.40. The van der Waals surface area contributed by atoms with Gasteiger partial charge in [0.05, 0.1) is 25.0 Å². The largest absolute Gasteiger partial charge is 0.379 e. The van der Waals surface area contributed by atoms with Crippen LogP contribution in [-0.4, -0.2) is 55.3 Å². The van der Waals surface area contributed by atoms with Crippen LogP contribution in [0.25, 0.3) is 0 Å². The molecule has 1 aliphatic heterocycles. The number of amides is 2. The maximum Gasteiger partial charge on any atom is 0.230 e. The smallest absolute Gasteiger partial charge is 0.230 e. The first-order valence-corrected chi connectivity index (χ1v) is 11.1. The topological polar surface area (TPSA) is 70.7 Å². The number of thiophene rings is 1. The van der Waals surface area contributed by atoms with Crippen molar-refractivity contribution in [3.8, 4) is 0 Å². The van der Waals surface area contributed by atoms with E-state index in [1.807, 2.05) is 24.3 Å². The van der Waals surface area contributed by atoms with Gasteiger partial charge in [-0.1, -0.05) is 6.07 Å². The lowest BCUT2D eigenvalue weighted by Crippen LogP contribution is -2.43. The van der Waals surface area contributed by atoms with E-state index in [2.05, 4.69) is 33.0 Å². The molecule has 0 spiro atoms. The molecule has 1 saturated heterocycles. The van der Waals surface area contributed by atoms with Gasteiger partial charge in [0, 0.05) is 42.0 Å². The first-order valence-electron chi connectivity index (χ1n) is 9.24. The fourth-order valence-electron chi connectivity index (χ4n) is 3.03. The van der Waals surface area contributed by atoms with Gasteiger partial charge >= 0.3 is 0 Å². The number of benzene rings is 1. The van der Waals surface area contributed by atoms with Gasteiger partial charge in [-0.25, -0.2) is 0 Å². The van der Waals surface area contributed by atoms with Gasteiger partial charge in [0.1, 0.15) is 0 Å². The van der Waals surface area contributed by atoms with Gasteiger partial charge in [-0.05, 0) is 35.7 Å². The Morgan fingerprint density at radius 3 is 2.61 bits per heavy atom. The fraction of sp³-hybridized carbons (Fsp3) is 0.400. The zero-order valence-corrected chi connectivity index (χ0v) is 17.5. The van der Waals surface area contributed by atoms with E-state index in [9.17, 15) is 9.59 Å². The molecule has 0 bridgehead atoms. The molecular formula is C20H25N3O3S2. The van der Waals surface area contributed by atoms with Crippen molar-refractivity contribution >= 4 is 40.6 Å². The third-order valence-corrected chi connectivity index (χ3v) is 6.38. The molecule has 28 heavy (non-hydrogen) atoms. The van der Waals surface area contributed by atoms with E-state index in [4.69, 9.17) is 4.74 Å². The van der Waals surface area contributed by atoms with E-state index in [1.165, 1.54) is 23.6 Å². The summed E-state index contributed by atoms with van der Waals surface area (Å²) in [6, 6.07) is 11.9. The number of anilines is 1. The SMILES string of the molecule is CC(=O)Nc1ccc(SCC(=O)NCC(c2cccs2)N2CCOCC2)cc1. The van der Waals surface area contributed by atoms with Crippen LogP contribution < -0.4 is 10.6 Å². The highest BCUT2D eigenvalue weighted by Gasteiger charge is 2.23. The van der Waals surface area contributed by atoms with Crippen molar-refractivity contribution in [1.29, 1.82) is 0 Å². The first kappa shape index (κ1) is 20.9. The summed E-state index contributed by atoms with van der Waals surface area (Å²) in [6.07, 6.45) is 0. The summed E-state index contributed by atoms with van der Waals surface area (Å²) in [5, 5.41) is 7.89. The van der Waals surface area contributed by atoms with Gasteiger partial charge in [-0.15, -0.1) is 23.1 Å². The monoisotopic (exact) mass is 419 g/mol. The van der Waals surface area contributed by atoms with Crippen LogP contribution in [0.1, 0.15) is 17.8 Å². The highest BCUT2D eigenvalue weighted by molar-refractivity contribution is 8.00. The Morgan fingerprint density at radius 1 is 1.21 bits per heavy atom. The quantitative estimate of drug-likeness (QED) is 0.644. The standard InChI is InChI=1S/C20H25N3O3S2/c1-15(24)22-16-4-6-17(7-5-16)28-14-20(25)21-13-18(19-3-2-12-27-19)23-8-10-26-11-9-23/h2-7,12,18H,8-11,13-14H2,1H3,(H,21,25)(H,22,24). The first-order chi connectivity index (χ1) is 13.6. The highest BCUT2D eigenvalue weighted by Crippen LogP contribution is 2.25. The van der Waals surface area contributed by atoms with E-state index in [0.29, 0.717) is 12.3 Å². The van der Waals surface area contributed by atoms with Crippen LogP contribution in [0.15, 0.2) is 46.7 Å². The van der Waals surface area contributed by atoms with Crippen molar-refractivity contribution < 1.29 is 14.3 Å². The molecule has 1 aliphatic rings. The minimum Gasteiger partial charge on any atom is -0.379 e. The Balaban J connectivity index is 1.48. The molecule has 1 fully saturated rings. The van der Waals surface area contributed by atoms with E-state index in [-0.39, 0.29) is 17.9 Å². The van der Waals surface area contributed by atoms with Crippen LogP contribution in [0.5, 0.6) is 0 Å². The second-order valence-corrected chi connectivity index (χ2v) is 8.51. The summed E-state index contributed by atoms with van der Waals surface area (Å²) >= 11 is 3.21. The van der Waals surface area contributed by atoms with Gasteiger partial charge in [0.2, 0.25) is 11.8 Å². The Hall–Kier alpha value is -1.87. The highest BCUT2D eigenvalue weighted by atomic mass is 32.2. The average molecular weight is 420 g/mol. The maximum absolute atomic E-state index is 12.4. The van der Waals surface area contributed by atoms with Crippen LogP contribution in [0.4, 0.5) is 5.69 Å². The van der Waals surface area contributed by atoms with Crippen LogP contribution in [0.3, 0.4) is 0 Å². The fourth-order valence-corrected chi connectivity index (χ4v) is 4.62. The molecule has 6 nitrogen and oxygen atoms in total. The molecule has 150 valence electrons. The summed E-state index contributed by atoms with van der Waals surface area (Å²) in [5.74, 6) is 0.283. The van der Waals surface area contributed by atoms with Gasteiger partial charge < -0.3 is 15.4 Å². The number of carbonyl (C=O) groups excluding carboxylic acids is 2. The second kappa shape index (κ2) is 10.6. The predicted octanol–water partition coefficient (Wildman–Crippen LogP) is 2.99. The second-order valence-electron chi connectivity index (χ2n) is 6.48. The number of hydrogen-bond acceptors (Lipinski definition) is 6. The normalized spacial score (nSPS) is 15.8. The molecule has 2 heterocycles. The average Bonchev–Trinajstić information content (AvgIpc) is 3.22. The van der Waals surface area contributed by atoms with E-state index >= 15 is 0 Å². The molecule has 2 amide bonds. The number of hydrogen-bond donors (Lipinski definition) is 2. The van der Waals surface area contributed by atoms with Gasteiger partial charge in [0.25, 0.3) is 0 Å². The van der Waals surface area contributed by atoms with Gasteiger partial charge in [0.15, 0.2) is 0 Å². The van der Waals surface area contributed by atoms with Crippen molar-refractivity contribution in [2.45, 2.75) is 17.9 Å². The summed E-state index contributed by atoms with van der Waals surface area (Å²) in [6.45, 7) is 5.32. The lowest BCUT2D eigenvalue weighted by Gasteiger charge is -2.34. The number of ether oxygens (including phenoxy) is 1. The van der Waals surface area contributed by atoms with Crippen molar-refractivity contribution in [3.63, 3.8) is 0 Å². The number of morpholine rings is 1. The summed E-state index contributed by atoms with van der Waals surface area (Å²) in [7, 11) is 0. The lowest BCUT2D eigenvalue weighted by atomic mass is 10.2. The summed E-state index contributed by atoms with van der Waals surface area (Å²) in [5.41, 5.74) is 0.755. The number of thioether (sulfide) groups is 1. The van der Waals surface area contributed by atoms with Crippen molar-refractivity contribution in [1.82, 2.24) is 10.2 Å². The third kappa shape index (κ3) is 6.34. The van der Waals surface area contributed by atoms with Gasteiger partial charge in [-0.3, -0.25) is 14.5 Å². The Morgan fingerprint density at radius 2 is 1.96 bits per heavy atom. The van der Waals surface area contributed by atoms with Gasteiger partial charge in [-0.2, -0.15) is 0 Å². The lowest BCUT2D eigenvalue weighted by molar-refractivity contribution is -0.119. The zero-order valence-electron chi connectivity index (χ0n) is 15.8. The van der Waals surface area contributed by atoms with E-state index in [1.54, 1.807) is 11.3 Å². The molecule has 0 aliphatic carbocycles. The molecule has 1 aromatic heterocycles. The molecule has 1 aromatic carbocycles. The van der Waals surface area contributed by atoms with Crippen molar-refractivity contribution in [2.75, 3.05) is 43.9 Å². The molecule has 1 unspecified atom stereocenters. The molecule has 1 atom stereocenters. The maximum atomic E-state index is 12.4. The number of carbonyl (C=O) groups is 2. The molecule has 8 heteroatoms. The number of nitrogens with one attached hydrogen (secondary N) is 2. The predicted molar refractivity (Wildman–Crippen MR) is 114 cm³/mol. The van der Waals surface area contributed by atoms with Crippen LogP contribution >= 0.6 is 23.1 Å². The summed E-state index contributed by atoms with van der Waals surface area (Å²) in [4.78, 5) is 28.1. The number of nitrogens with zero attached hydrogens (tertiary/aromatic N) is 1. The Labute approximate surface area is 173 Å². The number of rotatable bonds is 8. The zero-order chi connectivity index (χ0) is 19.8.